The number of aryl methyl sites for hydroxylation is 1. The Morgan fingerprint density at radius 1 is 0.929 bits per heavy atom. The molecule has 0 bridgehead atoms. The van der Waals surface area contributed by atoms with E-state index in [9.17, 15) is 0 Å². The fourth-order valence-corrected chi connectivity index (χ4v) is 6.26. The molecule has 6 rings (SSSR count). The van der Waals surface area contributed by atoms with E-state index >= 15 is 0 Å². The lowest BCUT2D eigenvalue weighted by Gasteiger charge is -2.33. The third-order valence-electron chi connectivity index (χ3n) is 6.39. The van der Waals surface area contributed by atoms with Crippen molar-refractivity contribution in [3.05, 3.63) is 95.2 Å². The molecule has 0 saturated heterocycles. The monoisotopic (exact) mass is 743 g/mol. The van der Waals surface area contributed by atoms with Crippen molar-refractivity contribution in [1.82, 2.24) is 34.8 Å². The summed E-state index contributed by atoms with van der Waals surface area (Å²) in [6.45, 7) is 0. The van der Waals surface area contributed by atoms with Crippen LogP contribution in [0.5, 0.6) is 0 Å². The summed E-state index contributed by atoms with van der Waals surface area (Å²) < 4.78 is 7.82. The van der Waals surface area contributed by atoms with Crippen LogP contribution in [0.3, 0.4) is 0 Å². The lowest BCUT2D eigenvalue weighted by molar-refractivity contribution is 0.354. The Morgan fingerprint density at radius 2 is 1.71 bits per heavy atom. The summed E-state index contributed by atoms with van der Waals surface area (Å²) >= 11 is 42.8. The van der Waals surface area contributed by atoms with E-state index in [0.717, 1.165) is 5.69 Å². The Morgan fingerprint density at radius 3 is 2.45 bits per heavy atom. The van der Waals surface area contributed by atoms with Crippen LogP contribution in [0.4, 0.5) is 5.69 Å². The Hall–Kier alpha value is -2.57. The van der Waals surface area contributed by atoms with Gasteiger partial charge in [-0.05, 0) is 40.2 Å². The largest absolute Gasteiger partial charge is 0.353 e. The molecule has 0 aromatic carbocycles. The first-order valence-corrected chi connectivity index (χ1v) is 14.9. The average molecular weight is 747 g/mol. The minimum Gasteiger partial charge on any atom is -0.353 e. The highest BCUT2D eigenvalue weighted by Crippen LogP contribution is 2.49. The molecule has 0 saturated carbocycles. The molecular formula is C26H14BrCl6N8O. The van der Waals surface area contributed by atoms with Crippen LogP contribution in [0.2, 0.25) is 30.4 Å². The van der Waals surface area contributed by atoms with E-state index < -0.39 is 6.17 Å². The van der Waals surface area contributed by atoms with Gasteiger partial charge in [0, 0.05) is 38.2 Å². The average Bonchev–Trinajstić information content (AvgIpc) is 3.64. The highest BCUT2D eigenvalue weighted by Gasteiger charge is 2.39. The molecule has 6 heterocycles. The number of rotatable bonds is 5. The van der Waals surface area contributed by atoms with Crippen LogP contribution in [-0.2, 0) is 7.05 Å². The molecule has 1 unspecified atom stereocenters. The summed E-state index contributed by atoms with van der Waals surface area (Å²) in [7, 11) is 3.66. The predicted molar refractivity (Wildman–Crippen MR) is 168 cm³/mol. The third-order valence-corrected chi connectivity index (χ3v) is 9.01. The number of halogens is 7. The van der Waals surface area contributed by atoms with Crippen molar-refractivity contribution < 1.29 is 4.52 Å². The van der Waals surface area contributed by atoms with Gasteiger partial charge >= 0.3 is 0 Å². The van der Waals surface area contributed by atoms with Gasteiger partial charge in [0.2, 0.25) is 5.76 Å². The van der Waals surface area contributed by atoms with E-state index in [1.54, 1.807) is 29.1 Å². The number of hydrogen-bond donors (Lipinski definition) is 0. The minimum atomic E-state index is -0.621. The van der Waals surface area contributed by atoms with Crippen LogP contribution in [0.1, 0.15) is 17.4 Å². The summed E-state index contributed by atoms with van der Waals surface area (Å²) in [6, 6.07) is 6.79. The van der Waals surface area contributed by atoms with Crippen LogP contribution >= 0.6 is 85.5 Å². The van der Waals surface area contributed by atoms with Gasteiger partial charge in [0.15, 0.2) is 5.15 Å². The van der Waals surface area contributed by atoms with Gasteiger partial charge in [-0.15, -0.1) is 0 Å². The lowest BCUT2D eigenvalue weighted by Crippen LogP contribution is -2.31. The molecule has 5 aromatic heterocycles. The van der Waals surface area contributed by atoms with Crippen LogP contribution in [-0.4, -0.2) is 41.8 Å². The van der Waals surface area contributed by atoms with Crippen molar-refractivity contribution in [1.29, 1.82) is 0 Å². The molecule has 0 aliphatic carbocycles. The summed E-state index contributed by atoms with van der Waals surface area (Å²) in [5.41, 5.74) is 3.31. The molecule has 1 aliphatic rings. The maximum Gasteiger partial charge on any atom is 0.201 e. The zero-order valence-corrected chi connectivity index (χ0v) is 27.4. The Bertz CT molecular complexity index is 1890. The molecule has 16 heteroatoms. The van der Waals surface area contributed by atoms with Crippen molar-refractivity contribution in [2.45, 2.75) is 6.17 Å². The second-order valence-electron chi connectivity index (χ2n) is 8.94. The number of nitrogens with zero attached hydrogens (tertiary/aromatic N) is 8. The van der Waals surface area contributed by atoms with E-state index in [0.29, 0.717) is 42.9 Å². The molecule has 213 valence electrons. The molecular weight excluding hydrogens is 733 g/mol. The van der Waals surface area contributed by atoms with Crippen molar-refractivity contribution in [3.63, 3.8) is 0 Å². The molecule has 42 heavy (non-hydrogen) atoms. The van der Waals surface area contributed by atoms with Gasteiger partial charge < -0.3 is 14.3 Å². The summed E-state index contributed by atoms with van der Waals surface area (Å²) in [4.78, 5) is 16.8. The van der Waals surface area contributed by atoms with Gasteiger partial charge in [-0.1, -0.05) is 74.8 Å². The summed E-state index contributed by atoms with van der Waals surface area (Å²) in [5, 5.41) is 9.98. The fraction of sp³-hybridized carbons (Fsp3) is 0.115. The van der Waals surface area contributed by atoms with E-state index in [1.165, 1.54) is 12.4 Å². The van der Waals surface area contributed by atoms with Gasteiger partial charge in [0.25, 0.3) is 0 Å². The number of anilines is 1. The standard InChI is InChI=1S/C26H14BrCl6N8O/c1-39-10-16(14-4-6-36-40(14)2)41(15-7-11(28)9-35-25(15)33)26(39)12-8-17(30)37-23(19(12)31)24-18(27)21(38-42-24)22-20(32)13(29)3-5-34-22/h3-9,26H,1-2H3. The van der Waals surface area contributed by atoms with Crippen molar-refractivity contribution >= 4 is 96.9 Å². The SMILES string of the molecule is CN1[C]=C(c2ccnn2C)N(c2cc(Cl)cnc2Cl)C1c1cc(Cl)nc(-c2onc(-c3nccc(Cl)c3Cl)c2Br)c1Cl. The van der Waals surface area contributed by atoms with Crippen molar-refractivity contribution in [3.8, 4) is 22.8 Å². The van der Waals surface area contributed by atoms with Gasteiger partial charge in [-0.2, -0.15) is 5.10 Å². The number of aromatic nitrogens is 6. The Balaban J connectivity index is 1.52. The van der Waals surface area contributed by atoms with Gasteiger partial charge in [0.05, 0.1) is 47.8 Å². The predicted octanol–water partition coefficient (Wildman–Crippen LogP) is 8.86. The van der Waals surface area contributed by atoms with Crippen LogP contribution < -0.4 is 4.90 Å². The van der Waals surface area contributed by atoms with Crippen LogP contribution in [0.25, 0.3) is 28.5 Å². The second-order valence-corrected chi connectivity index (χ2v) is 12.1. The molecule has 1 atom stereocenters. The zero-order valence-electron chi connectivity index (χ0n) is 21.3. The summed E-state index contributed by atoms with van der Waals surface area (Å²) in [5.74, 6) is 0.204. The number of pyridine rings is 3. The molecule has 0 N–H and O–H groups in total. The molecule has 0 amide bonds. The maximum absolute atomic E-state index is 7.10. The maximum atomic E-state index is 7.10. The molecule has 1 aliphatic heterocycles. The Kier molecular flexibility index (Phi) is 8.08. The minimum absolute atomic E-state index is 0.144. The smallest absolute Gasteiger partial charge is 0.201 e. The molecule has 0 spiro atoms. The number of hydrogen-bond acceptors (Lipinski definition) is 8. The molecule has 1 radical (unpaired) electrons. The highest BCUT2D eigenvalue weighted by atomic mass is 79.9. The summed E-state index contributed by atoms with van der Waals surface area (Å²) in [6.07, 6.45) is 7.42. The van der Waals surface area contributed by atoms with E-state index in [2.05, 4.69) is 47.3 Å². The lowest BCUT2D eigenvalue weighted by atomic mass is 10.1. The quantitative estimate of drug-likeness (QED) is 0.165. The Labute approximate surface area is 277 Å². The van der Waals surface area contributed by atoms with Crippen LogP contribution in [0, 0.1) is 6.20 Å². The van der Waals surface area contributed by atoms with E-state index in [4.69, 9.17) is 74.1 Å². The normalized spacial score (nSPS) is 15.1. The van der Waals surface area contributed by atoms with Gasteiger partial charge in [0.1, 0.15) is 28.4 Å². The van der Waals surface area contributed by atoms with Crippen LogP contribution in [0.15, 0.2) is 51.9 Å². The third kappa shape index (κ3) is 5.02. The van der Waals surface area contributed by atoms with Gasteiger partial charge in [-0.25, -0.2) is 9.97 Å². The fourth-order valence-electron chi connectivity index (χ4n) is 4.56. The first-order valence-electron chi connectivity index (χ1n) is 11.8. The van der Waals surface area contributed by atoms with Crippen molar-refractivity contribution in [2.24, 2.45) is 7.05 Å². The van der Waals surface area contributed by atoms with E-state index in [1.807, 2.05) is 30.0 Å². The topological polar surface area (TPSA) is 89.0 Å². The van der Waals surface area contributed by atoms with E-state index in [-0.39, 0.29) is 31.8 Å². The highest BCUT2D eigenvalue weighted by molar-refractivity contribution is 9.10. The van der Waals surface area contributed by atoms with Crippen molar-refractivity contribution in [2.75, 3.05) is 11.9 Å². The van der Waals surface area contributed by atoms with Gasteiger partial charge in [-0.3, -0.25) is 9.67 Å². The second kappa shape index (κ2) is 11.5. The first kappa shape index (κ1) is 29.5. The molecule has 9 nitrogen and oxygen atoms in total. The first-order chi connectivity index (χ1) is 20.1. The zero-order chi connectivity index (χ0) is 29.9. The molecule has 5 aromatic rings. The molecule has 0 fully saturated rings.